The van der Waals surface area contributed by atoms with Crippen LogP contribution in [0.2, 0.25) is 0 Å². The van der Waals surface area contributed by atoms with Gasteiger partial charge in [0, 0.05) is 25.8 Å². The van der Waals surface area contributed by atoms with E-state index in [1.54, 1.807) is 6.66 Å². The third-order valence-electron chi connectivity index (χ3n) is 5.50. The van der Waals surface area contributed by atoms with Crippen molar-refractivity contribution in [3.05, 3.63) is 12.2 Å². The molecule has 0 aliphatic heterocycles. The lowest BCUT2D eigenvalue weighted by Crippen LogP contribution is -2.27. The summed E-state index contributed by atoms with van der Waals surface area (Å²) in [6.07, 6.45) is 19.4. The molecule has 35 heavy (non-hydrogen) atoms. The molecule has 206 valence electrons. The average Bonchev–Trinajstić information content (AvgIpc) is 2.83. The smallest absolute Gasteiger partial charge is 0.434 e. The van der Waals surface area contributed by atoms with E-state index in [1.165, 1.54) is 64.2 Å². The van der Waals surface area contributed by atoms with E-state index >= 15 is 0 Å². The van der Waals surface area contributed by atoms with E-state index in [9.17, 15) is 14.2 Å². The number of hydrogen-bond acceptors (Lipinski definition) is 7. The van der Waals surface area contributed by atoms with Crippen molar-refractivity contribution in [1.82, 2.24) is 5.32 Å². The second-order valence-corrected chi connectivity index (χ2v) is 11.7. The number of ether oxygens (including phenoxy) is 2. The van der Waals surface area contributed by atoms with Gasteiger partial charge in [-0.1, -0.05) is 76.9 Å². The van der Waals surface area contributed by atoms with Crippen molar-refractivity contribution in [2.45, 2.75) is 96.8 Å². The minimum absolute atomic E-state index is 0.0595. The first-order valence-corrected chi connectivity index (χ1v) is 15.8. The van der Waals surface area contributed by atoms with Crippen molar-refractivity contribution in [3.8, 4) is 0 Å². The Morgan fingerprint density at radius 3 is 2.11 bits per heavy atom. The highest BCUT2D eigenvalue weighted by Gasteiger charge is 2.15. The molecule has 0 spiro atoms. The molecule has 0 rings (SSSR count). The van der Waals surface area contributed by atoms with Crippen LogP contribution in [0.4, 0.5) is 4.79 Å². The summed E-state index contributed by atoms with van der Waals surface area (Å²) in [5, 5.41) is 2.71. The highest BCUT2D eigenvalue weighted by Crippen LogP contribution is 2.42. The van der Waals surface area contributed by atoms with E-state index < -0.39 is 13.5 Å². The van der Waals surface area contributed by atoms with E-state index in [0.29, 0.717) is 32.0 Å². The van der Waals surface area contributed by atoms with Crippen molar-refractivity contribution in [2.75, 3.05) is 45.7 Å². The Hall–Kier alpha value is -1.37. The lowest BCUT2D eigenvalue weighted by molar-refractivity contribution is -0.120. The van der Waals surface area contributed by atoms with Crippen molar-refractivity contribution in [1.29, 1.82) is 0 Å². The Kier molecular flexibility index (Phi) is 23.4. The number of carbonyl (C=O) groups is 2. The average molecular weight is 519 g/mol. The van der Waals surface area contributed by atoms with Crippen LogP contribution in [0.15, 0.2) is 12.2 Å². The molecule has 8 nitrogen and oxygen atoms in total. The van der Waals surface area contributed by atoms with Crippen LogP contribution in [0.1, 0.15) is 96.8 Å². The third-order valence-corrected chi connectivity index (χ3v) is 7.36. The topological polar surface area (TPSA) is 117 Å². The molecule has 0 saturated carbocycles. The quantitative estimate of drug-likeness (QED) is 0.0678. The second-order valence-electron chi connectivity index (χ2n) is 9.01. The van der Waals surface area contributed by atoms with Crippen LogP contribution >= 0.6 is 7.37 Å². The molecule has 0 aromatic heterocycles. The molecule has 1 amide bonds. The number of hydrogen-bond donors (Lipinski definition) is 2. The molecular weight excluding hydrogens is 467 g/mol. The van der Waals surface area contributed by atoms with E-state index in [-0.39, 0.29) is 32.3 Å². The number of unbranched alkanes of at least 4 members (excludes halogenated alkanes) is 11. The maximum absolute atomic E-state index is 12.0. The monoisotopic (exact) mass is 518 g/mol. The van der Waals surface area contributed by atoms with Gasteiger partial charge in [0.05, 0.1) is 19.8 Å². The molecule has 0 aliphatic rings. The van der Waals surface area contributed by atoms with Gasteiger partial charge in [-0.2, -0.15) is 0 Å². The van der Waals surface area contributed by atoms with Crippen LogP contribution in [-0.2, 0) is 23.4 Å². The summed E-state index contributed by atoms with van der Waals surface area (Å²) in [7, 11) is -2.62. The number of carbonyl (C=O) groups excluding carboxylic acids is 2. The van der Waals surface area contributed by atoms with Crippen LogP contribution < -0.4 is 11.1 Å². The number of amides is 1. The lowest BCUT2D eigenvalue weighted by atomic mass is 10.1. The van der Waals surface area contributed by atoms with E-state index in [2.05, 4.69) is 18.3 Å². The Bertz CT molecular complexity index is 600. The van der Waals surface area contributed by atoms with Gasteiger partial charge in [0.1, 0.15) is 6.61 Å². The molecule has 0 radical (unpaired) electrons. The Morgan fingerprint density at radius 1 is 0.829 bits per heavy atom. The van der Waals surface area contributed by atoms with Gasteiger partial charge in [0.25, 0.3) is 0 Å². The molecule has 0 saturated heterocycles. The van der Waals surface area contributed by atoms with E-state index in [4.69, 9.17) is 19.7 Å². The summed E-state index contributed by atoms with van der Waals surface area (Å²) in [6, 6.07) is 0. The van der Waals surface area contributed by atoms with Crippen molar-refractivity contribution >= 4 is 19.4 Å². The first-order chi connectivity index (χ1) is 16.9. The van der Waals surface area contributed by atoms with Crippen molar-refractivity contribution in [3.63, 3.8) is 0 Å². The molecule has 0 bridgehead atoms. The first-order valence-electron chi connectivity index (χ1n) is 13.5. The fourth-order valence-corrected chi connectivity index (χ4v) is 4.88. The number of nitrogens with two attached hydrogens (primary N) is 1. The normalized spacial score (nSPS) is 13.0. The predicted octanol–water partition coefficient (Wildman–Crippen LogP) is 6.18. The Balaban J connectivity index is 3.49. The van der Waals surface area contributed by atoms with Gasteiger partial charge in [0.2, 0.25) is 5.91 Å². The third kappa shape index (κ3) is 25.5. The minimum atomic E-state index is -2.62. The zero-order valence-electron chi connectivity index (χ0n) is 22.3. The zero-order chi connectivity index (χ0) is 26.0. The van der Waals surface area contributed by atoms with Crippen molar-refractivity contribution in [2.24, 2.45) is 5.73 Å². The summed E-state index contributed by atoms with van der Waals surface area (Å²) in [5.41, 5.74) is 5.33. The van der Waals surface area contributed by atoms with Gasteiger partial charge < -0.3 is 25.0 Å². The maximum atomic E-state index is 12.0. The predicted molar refractivity (Wildman–Crippen MR) is 143 cm³/mol. The van der Waals surface area contributed by atoms with E-state index in [0.717, 1.165) is 6.42 Å². The fraction of sp³-hybridized carbons (Fsp3) is 0.846. The van der Waals surface area contributed by atoms with Crippen LogP contribution in [-0.4, -0.2) is 57.8 Å². The zero-order valence-corrected chi connectivity index (χ0v) is 23.2. The Labute approximate surface area is 213 Å². The summed E-state index contributed by atoms with van der Waals surface area (Å²) in [5.74, 6) is -0.0952. The maximum Gasteiger partial charge on any atom is 0.508 e. The molecular formula is C26H51N2O6P. The SMILES string of the molecule is CCCCCCCCCCCC/C=C/CC(=O)NCCOC(=O)OCCCCP(C)(=O)OCCN. The molecule has 0 aliphatic carbocycles. The molecule has 1 atom stereocenters. The van der Waals surface area contributed by atoms with Gasteiger partial charge in [-0.25, -0.2) is 4.79 Å². The largest absolute Gasteiger partial charge is 0.508 e. The highest BCUT2D eigenvalue weighted by molar-refractivity contribution is 7.58. The number of allylic oxidation sites excluding steroid dienone is 1. The number of nitrogens with one attached hydrogen (secondary N) is 1. The molecule has 0 aromatic rings. The van der Waals surface area contributed by atoms with Gasteiger partial charge in [-0.15, -0.1) is 0 Å². The summed E-state index contributed by atoms with van der Waals surface area (Å²) >= 11 is 0. The van der Waals surface area contributed by atoms with Crippen LogP contribution in [0.3, 0.4) is 0 Å². The summed E-state index contributed by atoms with van der Waals surface area (Å²) < 4.78 is 27.1. The van der Waals surface area contributed by atoms with Gasteiger partial charge in [-0.05, 0) is 25.7 Å². The standard InChI is InChI=1S/C26H51N2O6P/c1-3-4-5-6-7-8-9-10-11-12-13-14-15-18-25(29)28-20-23-33-26(30)32-21-16-17-24-35(2,31)34-22-19-27/h14-15H,3-13,16-24,27H2,1-2H3,(H,28,29)/b15-14+. The fourth-order valence-electron chi connectivity index (χ4n) is 3.46. The molecule has 0 heterocycles. The lowest BCUT2D eigenvalue weighted by Gasteiger charge is -2.13. The second kappa shape index (κ2) is 24.3. The molecule has 3 N–H and O–H groups in total. The molecule has 0 fully saturated rings. The van der Waals surface area contributed by atoms with Crippen molar-refractivity contribution < 1.29 is 28.2 Å². The van der Waals surface area contributed by atoms with Crippen LogP contribution in [0, 0.1) is 0 Å². The van der Waals surface area contributed by atoms with Crippen LogP contribution in [0.5, 0.6) is 0 Å². The van der Waals surface area contributed by atoms with E-state index in [1.807, 2.05) is 6.08 Å². The summed E-state index contributed by atoms with van der Waals surface area (Å²) in [6.45, 7) is 4.94. The minimum Gasteiger partial charge on any atom is -0.434 e. The van der Waals surface area contributed by atoms with Gasteiger partial charge >= 0.3 is 6.16 Å². The molecule has 9 heteroatoms. The van der Waals surface area contributed by atoms with Gasteiger partial charge in [-0.3, -0.25) is 9.36 Å². The van der Waals surface area contributed by atoms with Gasteiger partial charge in [0.15, 0.2) is 7.37 Å². The molecule has 0 aromatic carbocycles. The first kappa shape index (κ1) is 33.6. The highest BCUT2D eigenvalue weighted by atomic mass is 31.2. The Morgan fingerprint density at radius 2 is 1.46 bits per heavy atom. The van der Waals surface area contributed by atoms with Crippen LogP contribution in [0.25, 0.3) is 0 Å². The summed E-state index contributed by atoms with van der Waals surface area (Å²) in [4.78, 5) is 23.3. The number of rotatable bonds is 24. The molecule has 1 unspecified atom stereocenters.